The third-order valence-electron chi connectivity index (χ3n) is 4.95. The maximum atomic E-state index is 12.6. The molecule has 3 heterocycles. The second kappa shape index (κ2) is 9.09. The van der Waals surface area contributed by atoms with Gasteiger partial charge >= 0.3 is 12.1 Å². The number of ether oxygens (including phenoxy) is 3. The molecular weight excluding hydrogens is 402 g/mol. The summed E-state index contributed by atoms with van der Waals surface area (Å²) in [6.45, 7) is 9.05. The molecule has 2 aromatic rings. The van der Waals surface area contributed by atoms with Crippen LogP contribution in [0.3, 0.4) is 0 Å². The zero-order valence-corrected chi connectivity index (χ0v) is 18.6. The van der Waals surface area contributed by atoms with Crippen molar-refractivity contribution in [2.75, 3.05) is 12.3 Å². The van der Waals surface area contributed by atoms with E-state index in [4.69, 9.17) is 19.9 Å². The van der Waals surface area contributed by atoms with Gasteiger partial charge in [0.1, 0.15) is 36.2 Å². The molecule has 1 fully saturated rings. The maximum absolute atomic E-state index is 12.6. The maximum Gasteiger partial charge on any atom is 0.408 e. The minimum absolute atomic E-state index is 0.106. The Morgan fingerprint density at radius 2 is 2.06 bits per heavy atom. The Morgan fingerprint density at radius 1 is 1.32 bits per heavy atom. The summed E-state index contributed by atoms with van der Waals surface area (Å²) in [4.78, 5) is 28.6. The Bertz CT molecular complexity index is 936. The van der Waals surface area contributed by atoms with E-state index in [9.17, 15) is 9.59 Å². The molecule has 10 nitrogen and oxygen atoms in total. The largest absolute Gasteiger partial charge is 0.461 e. The van der Waals surface area contributed by atoms with Crippen molar-refractivity contribution in [1.82, 2.24) is 19.9 Å². The van der Waals surface area contributed by atoms with Crippen LogP contribution in [-0.4, -0.2) is 51.0 Å². The minimum atomic E-state index is -0.804. The molecule has 2 aromatic heterocycles. The van der Waals surface area contributed by atoms with Crippen LogP contribution in [-0.2, 0) is 19.0 Å². The molecule has 3 atom stereocenters. The zero-order valence-electron chi connectivity index (χ0n) is 18.6. The van der Waals surface area contributed by atoms with E-state index in [1.165, 1.54) is 6.33 Å². The first-order valence-corrected chi connectivity index (χ1v) is 10.4. The zero-order chi connectivity index (χ0) is 22.8. The lowest BCUT2D eigenvalue weighted by atomic mass is 10.1. The number of aromatic nitrogens is 3. The second-order valence-electron chi connectivity index (χ2n) is 9.02. The molecule has 3 unspecified atom stereocenters. The Hall–Kier alpha value is -2.88. The average Bonchev–Trinajstić information content (AvgIpc) is 3.30. The van der Waals surface area contributed by atoms with E-state index < -0.39 is 23.7 Å². The standard InChI is InChI=1S/C21H31N5O5/c1-12(2)17(25-20(28)31-21(3,4)5)19(27)29-10-13-6-9-16(30-13)14-7-8-15-18(22)23-11-24-26(14)15/h7-8,11-13,16-17H,6,9-10H2,1-5H3,(H,25,28)(H2,22,23,24). The normalized spacial score (nSPS) is 20.1. The number of rotatable bonds is 6. The van der Waals surface area contributed by atoms with Gasteiger partial charge in [0.25, 0.3) is 0 Å². The van der Waals surface area contributed by atoms with Crippen molar-refractivity contribution in [3.05, 3.63) is 24.2 Å². The van der Waals surface area contributed by atoms with Gasteiger partial charge in [-0.05, 0) is 51.7 Å². The Labute approximate surface area is 181 Å². The van der Waals surface area contributed by atoms with Crippen molar-refractivity contribution in [2.24, 2.45) is 5.92 Å². The molecule has 3 rings (SSSR count). The van der Waals surface area contributed by atoms with Crippen LogP contribution in [0.4, 0.5) is 10.6 Å². The van der Waals surface area contributed by atoms with Gasteiger partial charge in [0.05, 0.1) is 11.8 Å². The first-order chi connectivity index (χ1) is 14.5. The predicted molar refractivity (Wildman–Crippen MR) is 113 cm³/mol. The minimum Gasteiger partial charge on any atom is -0.461 e. The van der Waals surface area contributed by atoms with Crippen molar-refractivity contribution < 1.29 is 23.8 Å². The number of nitrogens with zero attached hydrogens (tertiary/aromatic N) is 3. The fourth-order valence-corrected chi connectivity index (χ4v) is 3.46. The van der Waals surface area contributed by atoms with Crippen molar-refractivity contribution in [2.45, 2.75) is 71.3 Å². The Kier molecular flexibility index (Phi) is 6.68. The number of hydrogen-bond acceptors (Lipinski definition) is 8. The lowest BCUT2D eigenvalue weighted by molar-refractivity contribution is -0.151. The lowest BCUT2D eigenvalue weighted by Gasteiger charge is -2.25. The molecule has 0 radical (unpaired) electrons. The van der Waals surface area contributed by atoms with Crippen LogP contribution in [0.1, 0.15) is 59.3 Å². The first kappa shape index (κ1) is 22.8. The van der Waals surface area contributed by atoms with Gasteiger partial charge in [-0.1, -0.05) is 13.8 Å². The lowest BCUT2D eigenvalue weighted by Crippen LogP contribution is -2.47. The number of amides is 1. The summed E-state index contributed by atoms with van der Waals surface area (Å²) in [7, 11) is 0. The molecule has 0 aliphatic carbocycles. The molecule has 0 saturated carbocycles. The fraction of sp³-hybridized carbons (Fsp3) is 0.619. The van der Waals surface area contributed by atoms with E-state index in [0.717, 1.165) is 24.1 Å². The number of nitrogens with two attached hydrogens (primary N) is 1. The number of hydrogen-bond donors (Lipinski definition) is 2. The number of alkyl carbamates (subject to hydrolysis) is 1. The highest BCUT2D eigenvalue weighted by Crippen LogP contribution is 2.34. The van der Waals surface area contributed by atoms with E-state index in [1.54, 1.807) is 25.3 Å². The van der Waals surface area contributed by atoms with Gasteiger partial charge in [-0.25, -0.2) is 19.1 Å². The van der Waals surface area contributed by atoms with E-state index >= 15 is 0 Å². The number of carbonyl (C=O) groups excluding carboxylic acids is 2. The Morgan fingerprint density at radius 3 is 2.74 bits per heavy atom. The molecule has 1 amide bonds. The highest BCUT2D eigenvalue weighted by Gasteiger charge is 2.32. The van der Waals surface area contributed by atoms with E-state index in [2.05, 4.69) is 15.4 Å². The summed E-state index contributed by atoms with van der Waals surface area (Å²) in [5, 5.41) is 6.85. The van der Waals surface area contributed by atoms with Crippen LogP contribution in [0.5, 0.6) is 0 Å². The molecule has 31 heavy (non-hydrogen) atoms. The molecule has 3 N–H and O–H groups in total. The molecule has 1 aliphatic rings. The average molecular weight is 434 g/mol. The van der Waals surface area contributed by atoms with E-state index in [-0.39, 0.29) is 24.7 Å². The van der Waals surface area contributed by atoms with Gasteiger partial charge in [-0.3, -0.25) is 0 Å². The van der Waals surface area contributed by atoms with Gasteiger partial charge in [-0.2, -0.15) is 5.10 Å². The molecule has 1 saturated heterocycles. The third-order valence-corrected chi connectivity index (χ3v) is 4.95. The van der Waals surface area contributed by atoms with E-state index in [1.807, 2.05) is 26.0 Å². The predicted octanol–water partition coefficient (Wildman–Crippen LogP) is 2.62. The highest BCUT2D eigenvalue weighted by atomic mass is 16.6. The Balaban J connectivity index is 1.55. The number of fused-ring (bicyclic) bond motifs is 1. The molecular formula is C21H31N5O5. The van der Waals surface area contributed by atoms with Gasteiger partial charge in [0.15, 0.2) is 5.82 Å². The number of esters is 1. The van der Waals surface area contributed by atoms with Crippen molar-refractivity contribution in [1.29, 1.82) is 0 Å². The molecule has 0 aromatic carbocycles. The van der Waals surface area contributed by atoms with E-state index in [0.29, 0.717) is 5.82 Å². The van der Waals surface area contributed by atoms with Crippen LogP contribution >= 0.6 is 0 Å². The van der Waals surface area contributed by atoms with Crippen LogP contribution < -0.4 is 11.1 Å². The molecule has 1 aliphatic heterocycles. The van der Waals surface area contributed by atoms with Crippen LogP contribution in [0.2, 0.25) is 0 Å². The molecule has 10 heteroatoms. The SMILES string of the molecule is CC(C)C(NC(=O)OC(C)(C)C)C(=O)OCC1CCC(c2ccc3c(N)ncnn23)O1. The number of nitrogens with one attached hydrogen (secondary N) is 1. The van der Waals surface area contributed by atoms with Crippen LogP contribution in [0, 0.1) is 5.92 Å². The monoisotopic (exact) mass is 433 g/mol. The van der Waals surface area contributed by atoms with Crippen LogP contribution in [0.15, 0.2) is 18.5 Å². The molecule has 0 bridgehead atoms. The molecule has 170 valence electrons. The van der Waals surface area contributed by atoms with Crippen molar-refractivity contribution in [3.8, 4) is 0 Å². The molecule has 0 spiro atoms. The van der Waals surface area contributed by atoms with Gasteiger partial charge in [0.2, 0.25) is 0 Å². The summed E-state index contributed by atoms with van der Waals surface area (Å²) in [6.07, 6.45) is 1.83. The second-order valence-corrected chi connectivity index (χ2v) is 9.02. The van der Waals surface area contributed by atoms with Gasteiger partial charge in [-0.15, -0.1) is 0 Å². The summed E-state index contributed by atoms with van der Waals surface area (Å²) in [6, 6.07) is 2.97. The topological polar surface area (TPSA) is 130 Å². The summed E-state index contributed by atoms with van der Waals surface area (Å²) in [5.74, 6) is -0.266. The summed E-state index contributed by atoms with van der Waals surface area (Å²) >= 11 is 0. The summed E-state index contributed by atoms with van der Waals surface area (Å²) < 4.78 is 18.5. The third kappa shape index (κ3) is 5.63. The van der Waals surface area contributed by atoms with Gasteiger partial charge < -0.3 is 25.3 Å². The number of carbonyl (C=O) groups is 2. The van der Waals surface area contributed by atoms with Crippen LogP contribution in [0.25, 0.3) is 5.52 Å². The fourth-order valence-electron chi connectivity index (χ4n) is 3.46. The highest BCUT2D eigenvalue weighted by molar-refractivity contribution is 5.81. The number of nitrogen functional groups attached to an aromatic ring is 1. The quantitative estimate of drug-likeness (QED) is 0.665. The van der Waals surface area contributed by atoms with Crippen molar-refractivity contribution in [3.63, 3.8) is 0 Å². The summed E-state index contributed by atoms with van der Waals surface area (Å²) in [5.41, 5.74) is 6.84. The van der Waals surface area contributed by atoms with Gasteiger partial charge in [0, 0.05) is 0 Å². The smallest absolute Gasteiger partial charge is 0.408 e. The van der Waals surface area contributed by atoms with Crippen molar-refractivity contribution >= 4 is 23.4 Å². The first-order valence-electron chi connectivity index (χ1n) is 10.4. The number of anilines is 1.